The first-order chi connectivity index (χ1) is 9.06. The van der Waals surface area contributed by atoms with Gasteiger partial charge in [0.15, 0.2) is 5.13 Å². The van der Waals surface area contributed by atoms with Crippen molar-refractivity contribution in [2.45, 2.75) is 13.0 Å². The van der Waals surface area contributed by atoms with E-state index in [0.29, 0.717) is 5.13 Å². The minimum Gasteiger partial charge on any atom is -0.331 e. The van der Waals surface area contributed by atoms with Crippen LogP contribution in [0.25, 0.3) is 0 Å². The van der Waals surface area contributed by atoms with E-state index in [4.69, 9.17) is 0 Å². The van der Waals surface area contributed by atoms with E-state index in [-0.39, 0.29) is 5.56 Å². The molecule has 0 fully saturated rings. The van der Waals surface area contributed by atoms with E-state index in [1.165, 1.54) is 11.3 Å². The van der Waals surface area contributed by atoms with Gasteiger partial charge in [-0.05, 0) is 25.1 Å². The van der Waals surface area contributed by atoms with Gasteiger partial charge in [0.25, 0.3) is 0 Å². The Morgan fingerprint density at radius 1 is 1.42 bits per heavy atom. The van der Waals surface area contributed by atoms with Gasteiger partial charge in [-0.2, -0.15) is 0 Å². The molecule has 0 bridgehead atoms. The zero-order valence-corrected chi connectivity index (χ0v) is 10.8. The lowest BCUT2D eigenvalue weighted by molar-refractivity contribution is 0.249. The maximum absolute atomic E-state index is 13.5. The number of aromatic nitrogens is 1. The van der Waals surface area contributed by atoms with Crippen molar-refractivity contribution in [2.75, 3.05) is 5.32 Å². The van der Waals surface area contributed by atoms with Gasteiger partial charge in [0, 0.05) is 17.1 Å². The van der Waals surface area contributed by atoms with Crippen molar-refractivity contribution in [3.05, 3.63) is 47.0 Å². The second-order valence-electron chi connectivity index (χ2n) is 3.82. The quantitative estimate of drug-likeness (QED) is 0.908. The summed E-state index contributed by atoms with van der Waals surface area (Å²) in [5.74, 6) is -1.12. The van der Waals surface area contributed by atoms with Crippen LogP contribution >= 0.6 is 11.3 Å². The van der Waals surface area contributed by atoms with E-state index in [9.17, 15) is 13.6 Å². The monoisotopic (exact) mass is 283 g/mol. The summed E-state index contributed by atoms with van der Waals surface area (Å²) >= 11 is 1.26. The summed E-state index contributed by atoms with van der Waals surface area (Å²) in [6, 6.07) is 1.94. The Hall–Kier alpha value is -2.02. The lowest BCUT2D eigenvalue weighted by Gasteiger charge is -2.15. The fourth-order valence-electron chi connectivity index (χ4n) is 1.54. The van der Waals surface area contributed by atoms with Gasteiger partial charge in [-0.25, -0.2) is 18.6 Å². The Morgan fingerprint density at radius 2 is 2.21 bits per heavy atom. The van der Waals surface area contributed by atoms with Crippen LogP contribution in [-0.2, 0) is 0 Å². The van der Waals surface area contributed by atoms with Crippen LogP contribution in [0.4, 0.5) is 18.7 Å². The number of anilines is 1. The predicted molar refractivity (Wildman–Crippen MR) is 69.0 cm³/mol. The van der Waals surface area contributed by atoms with Gasteiger partial charge in [0.1, 0.15) is 11.6 Å². The van der Waals surface area contributed by atoms with Crippen molar-refractivity contribution < 1.29 is 13.6 Å². The van der Waals surface area contributed by atoms with Crippen molar-refractivity contribution in [3.8, 4) is 0 Å². The number of rotatable bonds is 3. The molecule has 0 spiro atoms. The van der Waals surface area contributed by atoms with Gasteiger partial charge in [-0.1, -0.05) is 0 Å². The van der Waals surface area contributed by atoms with E-state index in [0.717, 1.165) is 18.2 Å². The molecular formula is C12H11F2N3OS. The molecule has 0 saturated heterocycles. The molecule has 7 heteroatoms. The Labute approximate surface area is 112 Å². The lowest BCUT2D eigenvalue weighted by Crippen LogP contribution is -2.31. The molecule has 100 valence electrons. The molecule has 0 unspecified atom stereocenters. The first-order valence-electron chi connectivity index (χ1n) is 5.48. The summed E-state index contributed by atoms with van der Waals surface area (Å²) < 4.78 is 26.5. The molecule has 0 saturated carbocycles. The van der Waals surface area contributed by atoms with Gasteiger partial charge in [-0.3, -0.25) is 5.32 Å². The van der Waals surface area contributed by atoms with Crippen LogP contribution in [0.2, 0.25) is 0 Å². The number of benzene rings is 1. The van der Waals surface area contributed by atoms with Crippen molar-refractivity contribution in [1.29, 1.82) is 0 Å². The zero-order valence-electron chi connectivity index (χ0n) is 9.98. The summed E-state index contributed by atoms with van der Waals surface area (Å²) in [4.78, 5) is 15.5. The second-order valence-corrected chi connectivity index (χ2v) is 4.72. The molecule has 4 nitrogen and oxygen atoms in total. The lowest BCUT2D eigenvalue weighted by atomic mass is 10.1. The zero-order chi connectivity index (χ0) is 13.8. The van der Waals surface area contributed by atoms with Gasteiger partial charge in [-0.15, -0.1) is 11.3 Å². The third kappa shape index (κ3) is 3.47. The smallest absolute Gasteiger partial charge is 0.321 e. The molecule has 2 aromatic rings. The minimum absolute atomic E-state index is 0.0919. The molecule has 1 heterocycles. The molecule has 0 radical (unpaired) electrons. The highest BCUT2D eigenvalue weighted by Crippen LogP contribution is 2.18. The number of amides is 2. The molecule has 1 aromatic heterocycles. The Kier molecular flexibility index (Phi) is 4.06. The third-order valence-corrected chi connectivity index (χ3v) is 3.11. The maximum atomic E-state index is 13.5. The molecular weight excluding hydrogens is 272 g/mol. The number of carbonyl (C=O) groups is 1. The van der Waals surface area contributed by atoms with E-state index < -0.39 is 23.7 Å². The molecule has 0 aliphatic rings. The van der Waals surface area contributed by atoms with E-state index in [1.54, 1.807) is 18.5 Å². The first kappa shape index (κ1) is 13.4. The number of thiazole rings is 1. The highest BCUT2D eigenvalue weighted by atomic mass is 32.1. The van der Waals surface area contributed by atoms with Crippen molar-refractivity contribution in [1.82, 2.24) is 10.3 Å². The predicted octanol–water partition coefficient (Wildman–Crippen LogP) is 3.30. The van der Waals surface area contributed by atoms with Crippen LogP contribution in [0.15, 0.2) is 29.8 Å². The normalized spacial score (nSPS) is 11.9. The molecule has 2 rings (SSSR count). The fourth-order valence-corrected chi connectivity index (χ4v) is 2.06. The number of hydrogen-bond acceptors (Lipinski definition) is 3. The number of nitrogens with zero attached hydrogens (tertiary/aromatic N) is 1. The molecule has 2 amide bonds. The summed E-state index contributed by atoms with van der Waals surface area (Å²) in [6.07, 6.45) is 1.55. The topological polar surface area (TPSA) is 54.0 Å². The standard InChI is InChI=1S/C12H11F2N3OS/c1-7(9-6-8(13)2-3-10(9)14)16-11(18)17-12-15-4-5-19-12/h2-7H,1H3,(H2,15,16,17,18)/t7-/m0/s1. The van der Waals surface area contributed by atoms with Crippen LogP contribution in [-0.4, -0.2) is 11.0 Å². The van der Waals surface area contributed by atoms with Crippen LogP contribution in [0.1, 0.15) is 18.5 Å². The van der Waals surface area contributed by atoms with E-state index in [2.05, 4.69) is 15.6 Å². The minimum atomic E-state index is -0.657. The molecule has 1 atom stereocenters. The fraction of sp³-hybridized carbons (Fsp3) is 0.167. The first-order valence-corrected chi connectivity index (χ1v) is 6.36. The van der Waals surface area contributed by atoms with E-state index >= 15 is 0 Å². The van der Waals surface area contributed by atoms with Crippen LogP contribution in [0.5, 0.6) is 0 Å². The van der Waals surface area contributed by atoms with Crippen molar-refractivity contribution in [2.24, 2.45) is 0 Å². The molecule has 19 heavy (non-hydrogen) atoms. The third-order valence-electron chi connectivity index (χ3n) is 2.42. The van der Waals surface area contributed by atoms with Gasteiger partial charge in [0.2, 0.25) is 0 Å². The molecule has 0 aliphatic carbocycles. The summed E-state index contributed by atoms with van der Waals surface area (Å²) in [7, 11) is 0. The summed E-state index contributed by atoms with van der Waals surface area (Å²) in [5, 5.41) is 7.16. The van der Waals surface area contributed by atoms with Gasteiger partial charge < -0.3 is 5.32 Å². The van der Waals surface area contributed by atoms with Crippen LogP contribution in [0, 0.1) is 11.6 Å². The van der Waals surface area contributed by atoms with Crippen molar-refractivity contribution in [3.63, 3.8) is 0 Å². The Morgan fingerprint density at radius 3 is 2.89 bits per heavy atom. The SMILES string of the molecule is C[C@H](NC(=O)Nc1nccs1)c1cc(F)ccc1F. The number of halogens is 2. The average Bonchev–Trinajstić information content (AvgIpc) is 2.84. The number of urea groups is 1. The highest BCUT2D eigenvalue weighted by molar-refractivity contribution is 7.13. The molecule has 0 aliphatic heterocycles. The largest absolute Gasteiger partial charge is 0.331 e. The van der Waals surface area contributed by atoms with Crippen LogP contribution in [0.3, 0.4) is 0 Å². The molecule has 1 aromatic carbocycles. The molecule has 2 N–H and O–H groups in total. The van der Waals surface area contributed by atoms with Crippen molar-refractivity contribution >= 4 is 22.5 Å². The number of carbonyl (C=O) groups excluding carboxylic acids is 1. The Bertz CT molecular complexity index is 574. The highest BCUT2D eigenvalue weighted by Gasteiger charge is 2.14. The number of hydrogen-bond donors (Lipinski definition) is 2. The second kappa shape index (κ2) is 5.75. The van der Waals surface area contributed by atoms with Crippen LogP contribution < -0.4 is 10.6 Å². The van der Waals surface area contributed by atoms with Gasteiger partial charge >= 0.3 is 6.03 Å². The van der Waals surface area contributed by atoms with Gasteiger partial charge in [0.05, 0.1) is 6.04 Å². The average molecular weight is 283 g/mol. The van der Waals surface area contributed by atoms with E-state index in [1.807, 2.05) is 0 Å². The summed E-state index contributed by atoms with van der Waals surface area (Å²) in [5.41, 5.74) is 0.0919. The number of nitrogens with one attached hydrogen (secondary N) is 2. The maximum Gasteiger partial charge on any atom is 0.321 e. The Balaban J connectivity index is 2.02. The summed E-state index contributed by atoms with van der Waals surface area (Å²) in [6.45, 7) is 1.57.